The van der Waals surface area contributed by atoms with Gasteiger partial charge in [-0.15, -0.1) is 0 Å². The van der Waals surface area contributed by atoms with Crippen LogP contribution in [-0.4, -0.2) is 22.8 Å². The zero-order valence-corrected chi connectivity index (χ0v) is 9.44. The Balaban J connectivity index is 2.56. The van der Waals surface area contributed by atoms with Crippen molar-refractivity contribution in [3.63, 3.8) is 0 Å². The molecule has 0 aliphatic carbocycles. The van der Waals surface area contributed by atoms with Crippen LogP contribution in [-0.2, 0) is 12.6 Å². The third-order valence-corrected chi connectivity index (χ3v) is 2.36. The van der Waals surface area contributed by atoms with Gasteiger partial charge in [0.15, 0.2) is 0 Å². The molecule has 0 radical (unpaired) electrons. The molecule has 0 aliphatic heterocycles. The van der Waals surface area contributed by atoms with Crippen LogP contribution in [0.25, 0.3) is 0 Å². The van der Waals surface area contributed by atoms with Gasteiger partial charge >= 0.3 is 12.3 Å². The number of halogens is 3. The molecule has 0 bridgehead atoms. The molecule has 3 N–H and O–H groups in total. The fraction of sp³-hybridized carbons (Fsp3) is 0.364. The van der Waals surface area contributed by atoms with E-state index in [-0.39, 0.29) is 6.54 Å². The van der Waals surface area contributed by atoms with Gasteiger partial charge in [0, 0.05) is 6.54 Å². The first-order chi connectivity index (χ1) is 8.30. The number of hydrazine groups is 1. The SMILES string of the molecule is NN(CCCc1cccc(C(F)(F)F)c1)C(=O)O. The normalized spacial score (nSPS) is 11.3. The van der Waals surface area contributed by atoms with Crippen molar-refractivity contribution < 1.29 is 23.1 Å². The first-order valence-corrected chi connectivity index (χ1v) is 5.22. The molecule has 4 nitrogen and oxygen atoms in total. The predicted octanol–water partition coefficient (Wildman–Crippen LogP) is 2.49. The maximum Gasteiger partial charge on any atom is 0.421 e. The molecule has 1 aromatic carbocycles. The van der Waals surface area contributed by atoms with Crippen LogP contribution < -0.4 is 5.84 Å². The molecule has 1 rings (SSSR count). The second-order valence-corrected chi connectivity index (χ2v) is 3.78. The van der Waals surface area contributed by atoms with Crippen LogP contribution in [0.5, 0.6) is 0 Å². The largest absolute Gasteiger partial charge is 0.464 e. The summed E-state index contributed by atoms with van der Waals surface area (Å²) in [4.78, 5) is 10.4. The highest BCUT2D eigenvalue weighted by Gasteiger charge is 2.30. The Morgan fingerprint density at radius 1 is 1.39 bits per heavy atom. The smallest absolute Gasteiger partial charge is 0.421 e. The van der Waals surface area contributed by atoms with E-state index in [2.05, 4.69) is 0 Å². The Morgan fingerprint density at radius 2 is 2.06 bits per heavy atom. The zero-order valence-electron chi connectivity index (χ0n) is 9.44. The van der Waals surface area contributed by atoms with Gasteiger partial charge in [-0.3, -0.25) is 0 Å². The standard InChI is InChI=1S/C11H13F3N2O2/c12-11(13,14)9-5-1-3-8(7-9)4-2-6-16(15)10(17)18/h1,3,5,7H,2,4,6,15H2,(H,17,18). The number of nitrogens with zero attached hydrogens (tertiary/aromatic N) is 1. The molecule has 0 aliphatic rings. The molecule has 0 atom stereocenters. The molecule has 0 heterocycles. The number of amides is 1. The maximum absolute atomic E-state index is 12.4. The molecule has 0 spiro atoms. The number of rotatable bonds is 4. The summed E-state index contributed by atoms with van der Waals surface area (Å²) < 4.78 is 37.3. The first-order valence-electron chi connectivity index (χ1n) is 5.22. The summed E-state index contributed by atoms with van der Waals surface area (Å²) in [7, 11) is 0. The van der Waals surface area contributed by atoms with Gasteiger partial charge in [-0.05, 0) is 24.5 Å². The van der Waals surface area contributed by atoms with Crippen molar-refractivity contribution in [2.75, 3.05) is 6.54 Å². The monoisotopic (exact) mass is 262 g/mol. The summed E-state index contributed by atoms with van der Waals surface area (Å²) in [6.07, 6.45) is -4.93. The molecule has 1 amide bonds. The lowest BCUT2D eigenvalue weighted by Gasteiger charge is -2.12. The molecule has 18 heavy (non-hydrogen) atoms. The predicted molar refractivity (Wildman–Crippen MR) is 58.7 cm³/mol. The minimum Gasteiger partial charge on any atom is -0.464 e. The summed E-state index contributed by atoms with van der Waals surface area (Å²) >= 11 is 0. The van der Waals surface area contributed by atoms with Crippen LogP contribution in [0.3, 0.4) is 0 Å². The highest BCUT2D eigenvalue weighted by molar-refractivity contribution is 5.63. The molecule has 7 heteroatoms. The van der Waals surface area contributed by atoms with Crippen molar-refractivity contribution in [1.82, 2.24) is 5.01 Å². The van der Waals surface area contributed by atoms with Gasteiger partial charge < -0.3 is 5.11 Å². The lowest BCUT2D eigenvalue weighted by Crippen LogP contribution is -2.37. The second kappa shape index (κ2) is 5.72. The van der Waals surface area contributed by atoms with Crippen molar-refractivity contribution in [3.05, 3.63) is 35.4 Å². The van der Waals surface area contributed by atoms with E-state index in [1.807, 2.05) is 0 Å². The van der Waals surface area contributed by atoms with E-state index in [1.165, 1.54) is 6.07 Å². The van der Waals surface area contributed by atoms with E-state index in [0.717, 1.165) is 12.1 Å². The minimum atomic E-state index is -4.36. The van der Waals surface area contributed by atoms with Crippen LogP contribution in [0, 0.1) is 0 Å². The molecular formula is C11H13F3N2O2. The number of nitrogens with two attached hydrogens (primary N) is 1. The lowest BCUT2D eigenvalue weighted by atomic mass is 10.1. The Kier molecular flexibility index (Phi) is 4.55. The quantitative estimate of drug-likeness (QED) is 0.497. The van der Waals surface area contributed by atoms with E-state index in [9.17, 15) is 18.0 Å². The Hall–Kier alpha value is -1.76. The van der Waals surface area contributed by atoms with Gasteiger partial charge in [0.05, 0.1) is 5.56 Å². The van der Waals surface area contributed by atoms with E-state index in [1.54, 1.807) is 6.07 Å². The van der Waals surface area contributed by atoms with Gasteiger partial charge in [0.25, 0.3) is 0 Å². The van der Waals surface area contributed by atoms with Gasteiger partial charge in [0.1, 0.15) is 0 Å². The number of hydrogen-bond donors (Lipinski definition) is 2. The third kappa shape index (κ3) is 4.25. The first kappa shape index (κ1) is 14.3. The number of alkyl halides is 3. The molecule has 0 fully saturated rings. The van der Waals surface area contributed by atoms with Crippen LogP contribution in [0.1, 0.15) is 17.5 Å². The van der Waals surface area contributed by atoms with Crippen molar-refractivity contribution in [1.29, 1.82) is 0 Å². The van der Waals surface area contributed by atoms with E-state index < -0.39 is 17.8 Å². The van der Waals surface area contributed by atoms with Gasteiger partial charge in [-0.2, -0.15) is 13.2 Å². The summed E-state index contributed by atoms with van der Waals surface area (Å²) in [5.41, 5.74) is -0.202. The summed E-state index contributed by atoms with van der Waals surface area (Å²) in [6.45, 7) is 0.0750. The topological polar surface area (TPSA) is 66.6 Å². The summed E-state index contributed by atoms with van der Waals surface area (Å²) in [5.74, 6) is 5.13. The Morgan fingerprint density at radius 3 is 2.61 bits per heavy atom. The van der Waals surface area contributed by atoms with E-state index in [4.69, 9.17) is 10.9 Å². The molecule has 0 saturated heterocycles. The molecule has 0 aromatic heterocycles. The number of carbonyl (C=O) groups is 1. The number of aryl methyl sites for hydroxylation is 1. The van der Waals surface area contributed by atoms with Gasteiger partial charge in [0.2, 0.25) is 0 Å². The Bertz CT molecular complexity index is 421. The molecular weight excluding hydrogens is 249 g/mol. The average Bonchev–Trinajstić information content (AvgIpc) is 2.28. The molecule has 100 valence electrons. The highest BCUT2D eigenvalue weighted by atomic mass is 19.4. The minimum absolute atomic E-state index is 0.0750. The average molecular weight is 262 g/mol. The summed E-state index contributed by atoms with van der Waals surface area (Å²) in [6, 6.07) is 4.95. The second-order valence-electron chi connectivity index (χ2n) is 3.78. The van der Waals surface area contributed by atoms with Gasteiger partial charge in [-0.25, -0.2) is 15.6 Å². The number of hydrogen-bond acceptors (Lipinski definition) is 2. The highest BCUT2D eigenvalue weighted by Crippen LogP contribution is 2.29. The number of carboxylic acid groups (broad SMARTS) is 1. The fourth-order valence-corrected chi connectivity index (χ4v) is 1.45. The fourth-order valence-electron chi connectivity index (χ4n) is 1.45. The van der Waals surface area contributed by atoms with Crippen molar-refractivity contribution in [2.24, 2.45) is 5.84 Å². The van der Waals surface area contributed by atoms with Crippen LogP contribution >= 0.6 is 0 Å². The maximum atomic E-state index is 12.4. The van der Waals surface area contributed by atoms with Crippen molar-refractivity contribution in [2.45, 2.75) is 19.0 Å². The van der Waals surface area contributed by atoms with Crippen molar-refractivity contribution >= 4 is 6.09 Å². The third-order valence-electron chi connectivity index (χ3n) is 2.36. The Labute approximate surface area is 102 Å². The van der Waals surface area contributed by atoms with Gasteiger partial charge in [-0.1, -0.05) is 18.2 Å². The lowest BCUT2D eigenvalue weighted by molar-refractivity contribution is -0.137. The molecule has 0 unspecified atom stereocenters. The van der Waals surface area contributed by atoms with Crippen LogP contribution in [0.4, 0.5) is 18.0 Å². The summed E-state index contributed by atoms with van der Waals surface area (Å²) in [5, 5.41) is 9.09. The van der Waals surface area contributed by atoms with Crippen LogP contribution in [0.15, 0.2) is 24.3 Å². The van der Waals surface area contributed by atoms with Crippen LogP contribution in [0.2, 0.25) is 0 Å². The molecule has 1 aromatic rings. The van der Waals surface area contributed by atoms with E-state index >= 15 is 0 Å². The molecule has 0 saturated carbocycles. The number of benzene rings is 1. The van der Waals surface area contributed by atoms with E-state index in [0.29, 0.717) is 23.4 Å². The zero-order chi connectivity index (χ0) is 13.8. The van der Waals surface area contributed by atoms with Crippen molar-refractivity contribution in [3.8, 4) is 0 Å².